The van der Waals surface area contributed by atoms with Crippen molar-refractivity contribution in [3.05, 3.63) is 11.8 Å². The average molecular weight is 217 g/mol. The Bertz CT molecular complexity index is 254. The fourth-order valence-corrected chi connectivity index (χ4v) is 1.85. The maximum Gasteiger partial charge on any atom is 0.331 e. The lowest BCUT2D eigenvalue weighted by Crippen LogP contribution is -2.50. The standard InChI is InChI=1S/C9H15NO3S/c1-14-6-4-9(10,8(11)12)7-3-2-5-13-7/h3H,2,4-6,10H2,1H3,(H,11,12). The van der Waals surface area contributed by atoms with E-state index in [9.17, 15) is 4.79 Å². The van der Waals surface area contributed by atoms with Gasteiger partial charge in [0.15, 0.2) is 5.54 Å². The molecule has 1 aliphatic heterocycles. The van der Waals surface area contributed by atoms with Crippen LogP contribution in [0.2, 0.25) is 0 Å². The van der Waals surface area contributed by atoms with Crippen LogP contribution >= 0.6 is 11.8 Å². The highest BCUT2D eigenvalue weighted by atomic mass is 32.2. The van der Waals surface area contributed by atoms with E-state index in [4.69, 9.17) is 15.6 Å². The Morgan fingerprint density at radius 1 is 1.86 bits per heavy atom. The molecule has 0 aromatic rings. The monoisotopic (exact) mass is 217 g/mol. The van der Waals surface area contributed by atoms with Crippen LogP contribution in [0.3, 0.4) is 0 Å². The van der Waals surface area contributed by atoms with Crippen LogP contribution in [0.5, 0.6) is 0 Å². The summed E-state index contributed by atoms with van der Waals surface area (Å²) in [4.78, 5) is 11.1. The second-order valence-corrected chi connectivity index (χ2v) is 4.21. The Balaban J connectivity index is 2.75. The van der Waals surface area contributed by atoms with E-state index in [0.29, 0.717) is 24.5 Å². The van der Waals surface area contributed by atoms with Crippen molar-refractivity contribution in [3.8, 4) is 0 Å². The summed E-state index contributed by atoms with van der Waals surface area (Å²) in [5.41, 5.74) is 4.49. The third-order valence-electron chi connectivity index (χ3n) is 2.23. The van der Waals surface area contributed by atoms with Crippen molar-refractivity contribution in [1.82, 2.24) is 0 Å². The van der Waals surface area contributed by atoms with Gasteiger partial charge in [-0.25, -0.2) is 4.79 Å². The number of hydrogen-bond acceptors (Lipinski definition) is 4. The molecule has 0 bridgehead atoms. The minimum absolute atomic E-state index is 0.398. The van der Waals surface area contributed by atoms with Gasteiger partial charge in [-0.2, -0.15) is 11.8 Å². The van der Waals surface area contributed by atoms with Gasteiger partial charge in [-0.3, -0.25) is 0 Å². The third kappa shape index (κ3) is 2.22. The van der Waals surface area contributed by atoms with E-state index >= 15 is 0 Å². The molecule has 0 radical (unpaired) electrons. The van der Waals surface area contributed by atoms with Gasteiger partial charge in [-0.05, 0) is 24.5 Å². The van der Waals surface area contributed by atoms with Gasteiger partial charge in [0.1, 0.15) is 5.76 Å². The second kappa shape index (κ2) is 4.70. The van der Waals surface area contributed by atoms with E-state index in [1.54, 1.807) is 17.8 Å². The fourth-order valence-electron chi connectivity index (χ4n) is 1.33. The van der Waals surface area contributed by atoms with Crippen LogP contribution in [0, 0.1) is 0 Å². The number of thioether (sulfide) groups is 1. The first-order valence-corrected chi connectivity index (χ1v) is 5.85. The second-order valence-electron chi connectivity index (χ2n) is 3.22. The molecule has 1 heterocycles. The zero-order chi connectivity index (χ0) is 10.6. The first kappa shape index (κ1) is 11.4. The van der Waals surface area contributed by atoms with E-state index in [1.807, 2.05) is 6.26 Å². The van der Waals surface area contributed by atoms with Gasteiger partial charge in [0.05, 0.1) is 6.61 Å². The molecule has 3 N–H and O–H groups in total. The minimum Gasteiger partial charge on any atom is -0.495 e. The number of carbonyl (C=O) groups is 1. The molecule has 4 nitrogen and oxygen atoms in total. The molecular weight excluding hydrogens is 202 g/mol. The number of hydrogen-bond donors (Lipinski definition) is 2. The van der Waals surface area contributed by atoms with E-state index < -0.39 is 11.5 Å². The minimum atomic E-state index is -1.33. The van der Waals surface area contributed by atoms with E-state index in [1.165, 1.54) is 0 Å². The van der Waals surface area contributed by atoms with Gasteiger partial charge in [0, 0.05) is 6.42 Å². The van der Waals surface area contributed by atoms with Crippen LogP contribution in [-0.2, 0) is 9.53 Å². The zero-order valence-electron chi connectivity index (χ0n) is 8.16. The SMILES string of the molecule is CSCCC(N)(C(=O)O)C1=CCCO1. The predicted molar refractivity (Wildman–Crippen MR) is 56.2 cm³/mol. The van der Waals surface area contributed by atoms with Crippen LogP contribution < -0.4 is 5.73 Å². The van der Waals surface area contributed by atoms with Crippen molar-refractivity contribution >= 4 is 17.7 Å². The van der Waals surface area contributed by atoms with Crippen LogP contribution in [-0.4, -0.2) is 35.2 Å². The molecule has 1 rings (SSSR count). The molecule has 14 heavy (non-hydrogen) atoms. The quantitative estimate of drug-likeness (QED) is 0.713. The lowest BCUT2D eigenvalue weighted by Gasteiger charge is -2.25. The topological polar surface area (TPSA) is 72.6 Å². The van der Waals surface area contributed by atoms with Crippen molar-refractivity contribution in [2.45, 2.75) is 18.4 Å². The van der Waals surface area contributed by atoms with Crippen molar-refractivity contribution in [3.63, 3.8) is 0 Å². The van der Waals surface area contributed by atoms with Gasteiger partial charge in [-0.1, -0.05) is 0 Å². The average Bonchev–Trinajstić information content (AvgIpc) is 2.66. The van der Waals surface area contributed by atoms with Gasteiger partial charge in [0.25, 0.3) is 0 Å². The van der Waals surface area contributed by atoms with Crippen molar-refractivity contribution in [2.24, 2.45) is 5.73 Å². The molecule has 0 amide bonds. The highest BCUT2D eigenvalue weighted by molar-refractivity contribution is 7.98. The van der Waals surface area contributed by atoms with Crippen LogP contribution in [0.15, 0.2) is 11.8 Å². The van der Waals surface area contributed by atoms with Crippen molar-refractivity contribution in [1.29, 1.82) is 0 Å². The summed E-state index contributed by atoms with van der Waals surface area (Å²) in [6.07, 6.45) is 4.84. The van der Waals surface area contributed by atoms with E-state index in [2.05, 4.69) is 0 Å². The summed E-state index contributed by atoms with van der Waals surface area (Å²) < 4.78 is 5.22. The molecule has 5 heteroatoms. The zero-order valence-corrected chi connectivity index (χ0v) is 8.97. The smallest absolute Gasteiger partial charge is 0.331 e. The molecule has 0 saturated heterocycles. The maximum atomic E-state index is 11.1. The molecule has 0 saturated carbocycles. The summed E-state index contributed by atoms with van der Waals surface area (Å²) in [5.74, 6) is 0.113. The Morgan fingerprint density at radius 2 is 2.57 bits per heavy atom. The van der Waals surface area contributed by atoms with Crippen molar-refractivity contribution in [2.75, 3.05) is 18.6 Å². The lowest BCUT2D eigenvalue weighted by molar-refractivity contribution is -0.143. The van der Waals surface area contributed by atoms with Crippen LogP contribution in [0.4, 0.5) is 0 Å². The molecule has 0 fully saturated rings. The van der Waals surface area contributed by atoms with Crippen LogP contribution in [0.25, 0.3) is 0 Å². The lowest BCUT2D eigenvalue weighted by atomic mass is 9.95. The largest absolute Gasteiger partial charge is 0.495 e. The summed E-state index contributed by atoms with van der Waals surface area (Å²) in [7, 11) is 0. The highest BCUT2D eigenvalue weighted by Crippen LogP contribution is 2.25. The number of nitrogens with two attached hydrogens (primary N) is 1. The Kier molecular flexibility index (Phi) is 3.83. The molecule has 80 valence electrons. The molecule has 0 aliphatic carbocycles. The Labute approximate surface area is 87.5 Å². The summed E-state index contributed by atoms with van der Waals surface area (Å²) in [6.45, 7) is 0.542. The molecule has 0 spiro atoms. The molecular formula is C9H15NO3S. The van der Waals surface area contributed by atoms with E-state index in [0.717, 1.165) is 6.42 Å². The first-order valence-electron chi connectivity index (χ1n) is 4.46. The number of aliphatic carboxylic acids is 1. The highest BCUT2D eigenvalue weighted by Gasteiger charge is 2.40. The van der Waals surface area contributed by atoms with Crippen molar-refractivity contribution < 1.29 is 14.6 Å². The fraction of sp³-hybridized carbons (Fsp3) is 0.667. The molecule has 1 atom stereocenters. The maximum absolute atomic E-state index is 11.1. The summed E-state index contributed by atoms with van der Waals surface area (Å²) in [6, 6.07) is 0. The first-order chi connectivity index (χ1) is 6.61. The molecule has 1 aliphatic rings. The number of rotatable bonds is 5. The molecule has 0 aromatic carbocycles. The van der Waals surface area contributed by atoms with Gasteiger partial charge < -0.3 is 15.6 Å². The third-order valence-corrected chi connectivity index (χ3v) is 2.84. The number of carboxylic acid groups (broad SMARTS) is 1. The normalized spacial score (nSPS) is 19.7. The summed E-state index contributed by atoms with van der Waals surface area (Å²) in [5, 5.41) is 9.06. The molecule has 0 aromatic heterocycles. The number of carboxylic acids is 1. The van der Waals surface area contributed by atoms with Gasteiger partial charge in [0.2, 0.25) is 0 Å². The van der Waals surface area contributed by atoms with E-state index in [-0.39, 0.29) is 0 Å². The van der Waals surface area contributed by atoms with Gasteiger partial charge in [-0.15, -0.1) is 0 Å². The number of ether oxygens (including phenoxy) is 1. The Morgan fingerprint density at radius 3 is 3.00 bits per heavy atom. The summed E-state index contributed by atoms with van der Waals surface area (Å²) >= 11 is 1.58. The van der Waals surface area contributed by atoms with Gasteiger partial charge >= 0.3 is 5.97 Å². The molecule has 1 unspecified atom stereocenters. The Hall–Kier alpha value is -0.680. The van der Waals surface area contributed by atoms with Crippen LogP contribution in [0.1, 0.15) is 12.8 Å². The predicted octanol–water partition coefficient (Wildman–Crippen LogP) is 0.826.